The van der Waals surface area contributed by atoms with Gasteiger partial charge >= 0.3 is 0 Å². The zero-order valence-electron chi connectivity index (χ0n) is 18.2. The summed E-state index contributed by atoms with van der Waals surface area (Å²) < 4.78 is 7.86. The Hall–Kier alpha value is -2.91. The third-order valence-corrected chi connectivity index (χ3v) is 6.35. The summed E-state index contributed by atoms with van der Waals surface area (Å²) in [5, 5.41) is 2.93. The predicted molar refractivity (Wildman–Crippen MR) is 129 cm³/mol. The van der Waals surface area contributed by atoms with Gasteiger partial charge in [-0.05, 0) is 48.0 Å². The zero-order chi connectivity index (χ0) is 22.8. The van der Waals surface area contributed by atoms with Gasteiger partial charge in [-0.1, -0.05) is 13.8 Å². The summed E-state index contributed by atoms with van der Waals surface area (Å²) in [4.78, 5) is 31.0. The number of thiazole rings is 1. The molecular formula is C23H22BrN5O2S. The molecule has 32 heavy (non-hydrogen) atoms. The minimum absolute atomic E-state index is 0.208. The molecule has 7 nitrogen and oxygen atoms in total. The molecule has 0 spiro atoms. The van der Waals surface area contributed by atoms with Crippen molar-refractivity contribution in [1.29, 1.82) is 0 Å². The maximum atomic E-state index is 13.2. The lowest BCUT2D eigenvalue weighted by molar-refractivity contribution is 0.298. The molecule has 0 saturated heterocycles. The van der Waals surface area contributed by atoms with Gasteiger partial charge in [-0.15, -0.1) is 11.3 Å². The van der Waals surface area contributed by atoms with Crippen LogP contribution in [0.3, 0.4) is 0 Å². The first-order chi connectivity index (χ1) is 15.3. The SMILES string of the molecule is Cc1nc(COc2cc(C)n(-c3ccnc(-c4ccnc(C(C)C)n4)c3)c(=O)c2Br)cs1. The van der Waals surface area contributed by atoms with E-state index in [0.717, 1.165) is 22.2 Å². The van der Waals surface area contributed by atoms with Gasteiger partial charge in [-0.2, -0.15) is 0 Å². The van der Waals surface area contributed by atoms with Crippen molar-refractivity contribution in [3.63, 3.8) is 0 Å². The first kappa shape index (κ1) is 22.3. The smallest absolute Gasteiger partial charge is 0.273 e. The Kier molecular flexibility index (Phi) is 6.48. The maximum absolute atomic E-state index is 13.2. The van der Waals surface area contributed by atoms with Crippen LogP contribution < -0.4 is 10.3 Å². The van der Waals surface area contributed by atoms with Gasteiger partial charge in [0.15, 0.2) is 0 Å². The third-order valence-electron chi connectivity index (χ3n) is 4.80. The second-order valence-electron chi connectivity index (χ2n) is 7.61. The summed E-state index contributed by atoms with van der Waals surface area (Å²) >= 11 is 4.99. The molecule has 0 unspecified atom stereocenters. The standard InChI is InChI=1S/C23H22BrN5O2S/c1-13(2)22-26-8-6-18(28-22)19-10-17(5-7-25-19)29-14(3)9-20(21(24)23(29)30)31-11-16-12-32-15(4)27-16/h5-10,12-13H,11H2,1-4H3. The molecule has 0 N–H and O–H groups in total. The Balaban J connectivity index is 1.68. The Bertz CT molecular complexity index is 1330. The van der Waals surface area contributed by atoms with Crippen molar-refractivity contribution >= 4 is 27.3 Å². The van der Waals surface area contributed by atoms with Crippen molar-refractivity contribution in [3.05, 3.63) is 79.1 Å². The molecule has 4 aromatic rings. The van der Waals surface area contributed by atoms with E-state index < -0.39 is 0 Å². The molecular weight excluding hydrogens is 490 g/mol. The molecule has 9 heteroatoms. The summed E-state index contributed by atoms with van der Waals surface area (Å²) in [7, 11) is 0. The Morgan fingerprint density at radius 2 is 1.88 bits per heavy atom. The number of pyridine rings is 2. The predicted octanol–water partition coefficient (Wildman–Crippen LogP) is 5.23. The quantitative estimate of drug-likeness (QED) is 0.352. The molecule has 0 atom stereocenters. The molecule has 0 aliphatic carbocycles. The fourth-order valence-electron chi connectivity index (χ4n) is 3.23. The molecule has 0 bridgehead atoms. The van der Waals surface area contributed by atoms with Crippen LogP contribution in [0.15, 0.2) is 51.3 Å². The summed E-state index contributed by atoms with van der Waals surface area (Å²) in [5.41, 5.74) is 3.46. The molecule has 4 aromatic heterocycles. The lowest BCUT2D eigenvalue weighted by Crippen LogP contribution is -2.22. The molecule has 164 valence electrons. The molecule has 0 fully saturated rings. The van der Waals surface area contributed by atoms with E-state index in [4.69, 9.17) is 4.74 Å². The minimum atomic E-state index is -0.211. The van der Waals surface area contributed by atoms with Gasteiger partial charge in [0.2, 0.25) is 0 Å². The van der Waals surface area contributed by atoms with Crippen LogP contribution in [0.4, 0.5) is 0 Å². The minimum Gasteiger partial charge on any atom is -0.486 e. The highest BCUT2D eigenvalue weighted by Crippen LogP contribution is 2.26. The number of hydrogen-bond acceptors (Lipinski definition) is 7. The van der Waals surface area contributed by atoms with Gasteiger partial charge in [0.25, 0.3) is 5.56 Å². The number of nitrogens with zero attached hydrogens (tertiary/aromatic N) is 5. The van der Waals surface area contributed by atoms with E-state index >= 15 is 0 Å². The van der Waals surface area contributed by atoms with Crippen LogP contribution in [-0.2, 0) is 6.61 Å². The van der Waals surface area contributed by atoms with Gasteiger partial charge in [-0.25, -0.2) is 15.0 Å². The zero-order valence-corrected chi connectivity index (χ0v) is 20.6. The molecule has 0 aromatic carbocycles. The van der Waals surface area contributed by atoms with Crippen LogP contribution in [0.25, 0.3) is 17.1 Å². The van der Waals surface area contributed by atoms with Crippen molar-refractivity contribution in [2.24, 2.45) is 0 Å². The van der Waals surface area contributed by atoms with Gasteiger partial charge in [0.05, 0.1) is 27.8 Å². The summed E-state index contributed by atoms with van der Waals surface area (Å²) in [5.74, 6) is 1.45. The second-order valence-corrected chi connectivity index (χ2v) is 9.46. The summed E-state index contributed by atoms with van der Waals surface area (Å²) in [6, 6.07) is 7.31. The van der Waals surface area contributed by atoms with Crippen LogP contribution in [0.2, 0.25) is 0 Å². The number of ether oxygens (including phenoxy) is 1. The van der Waals surface area contributed by atoms with Gasteiger partial charge in [0.1, 0.15) is 22.7 Å². The average molecular weight is 512 g/mol. The number of aryl methyl sites for hydroxylation is 2. The van der Waals surface area contributed by atoms with Crippen molar-refractivity contribution in [1.82, 2.24) is 24.5 Å². The van der Waals surface area contributed by atoms with Gasteiger partial charge < -0.3 is 4.74 Å². The summed E-state index contributed by atoms with van der Waals surface area (Å²) in [6.07, 6.45) is 3.41. The molecule has 4 heterocycles. The van der Waals surface area contributed by atoms with E-state index in [1.165, 1.54) is 0 Å². The topological polar surface area (TPSA) is 82.8 Å². The normalized spacial score (nSPS) is 11.2. The highest BCUT2D eigenvalue weighted by Gasteiger charge is 2.15. The lowest BCUT2D eigenvalue weighted by atomic mass is 10.2. The van der Waals surface area contributed by atoms with E-state index in [-0.39, 0.29) is 11.5 Å². The number of rotatable bonds is 6. The third kappa shape index (κ3) is 4.63. The number of aromatic nitrogens is 5. The van der Waals surface area contributed by atoms with E-state index in [0.29, 0.717) is 33.9 Å². The molecule has 0 radical (unpaired) electrons. The van der Waals surface area contributed by atoms with Crippen molar-refractivity contribution < 1.29 is 4.74 Å². The molecule has 0 amide bonds. The second kappa shape index (κ2) is 9.30. The van der Waals surface area contributed by atoms with E-state index in [9.17, 15) is 4.79 Å². The lowest BCUT2D eigenvalue weighted by Gasteiger charge is -2.15. The largest absolute Gasteiger partial charge is 0.486 e. The first-order valence-electron chi connectivity index (χ1n) is 10.1. The van der Waals surface area contributed by atoms with Crippen molar-refractivity contribution in [2.45, 2.75) is 40.2 Å². The summed E-state index contributed by atoms with van der Waals surface area (Å²) in [6.45, 7) is 8.21. The molecule has 4 rings (SSSR count). The van der Waals surface area contributed by atoms with Crippen LogP contribution in [0, 0.1) is 13.8 Å². The fraction of sp³-hybridized carbons (Fsp3) is 0.261. The van der Waals surface area contributed by atoms with Gasteiger partial charge in [-0.3, -0.25) is 14.3 Å². The van der Waals surface area contributed by atoms with Crippen LogP contribution in [-0.4, -0.2) is 24.5 Å². The Morgan fingerprint density at radius 1 is 1.09 bits per heavy atom. The molecule has 0 saturated carbocycles. The van der Waals surface area contributed by atoms with Crippen LogP contribution in [0.5, 0.6) is 5.75 Å². The number of halogens is 1. The van der Waals surface area contributed by atoms with E-state index in [1.54, 1.807) is 34.4 Å². The van der Waals surface area contributed by atoms with Crippen LogP contribution in [0.1, 0.15) is 42.0 Å². The van der Waals surface area contributed by atoms with E-state index in [1.807, 2.05) is 51.3 Å². The number of hydrogen-bond donors (Lipinski definition) is 0. The van der Waals surface area contributed by atoms with Crippen molar-refractivity contribution in [2.75, 3.05) is 0 Å². The highest BCUT2D eigenvalue weighted by molar-refractivity contribution is 9.10. The fourth-order valence-corrected chi connectivity index (χ4v) is 4.23. The molecule has 0 aliphatic heterocycles. The average Bonchev–Trinajstić information content (AvgIpc) is 3.20. The first-order valence-corrected chi connectivity index (χ1v) is 11.8. The molecule has 0 aliphatic rings. The Labute approximate surface area is 198 Å². The van der Waals surface area contributed by atoms with Crippen LogP contribution >= 0.6 is 27.3 Å². The van der Waals surface area contributed by atoms with Gasteiger partial charge in [0, 0.05) is 35.5 Å². The highest BCUT2D eigenvalue weighted by atomic mass is 79.9. The monoisotopic (exact) mass is 511 g/mol. The Morgan fingerprint density at radius 3 is 2.59 bits per heavy atom. The van der Waals surface area contributed by atoms with E-state index in [2.05, 4.69) is 35.9 Å². The van der Waals surface area contributed by atoms with Crippen molar-refractivity contribution in [3.8, 4) is 22.8 Å². The maximum Gasteiger partial charge on any atom is 0.273 e.